The Bertz CT molecular complexity index is 713. The van der Waals surface area contributed by atoms with Crippen LogP contribution in [0.4, 0.5) is 11.4 Å². The molecule has 0 saturated heterocycles. The number of rotatable bonds is 5. The number of carbonyl (C=O) groups excluding carboxylic acids is 2. The Kier molecular flexibility index (Phi) is 5.49. The minimum atomic E-state index is -1.40. The van der Waals surface area contributed by atoms with Gasteiger partial charge in [0, 0.05) is 11.4 Å². The van der Waals surface area contributed by atoms with Crippen molar-refractivity contribution in [3.63, 3.8) is 0 Å². The third-order valence-electron chi connectivity index (χ3n) is 3.27. The van der Waals surface area contributed by atoms with Gasteiger partial charge < -0.3 is 15.7 Å². The lowest BCUT2D eigenvalue weighted by molar-refractivity contribution is -0.128. The van der Waals surface area contributed by atoms with Crippen LogP contribution in [0.5, 0.6) is 0 Å². The van der Waals surface area contributed by atoms with Gasteiger partial charge in [-0.2, -0.15) is 0 Å². The van der Waals surface area contributed by atoms with Crippen molar-refractivity contribution in [3.05, 3.63) is 59.7 Å². The summed E-state index contributed by atoms with van der Waals surface area (Å²) in [4.78, 5) is 23.8. The molecule has 0 aromatic heterocycles. The lowest BCUT2D eigenvalue weighted by atomic mass is 10.2. The Hall–Kier alpha value is -2.66. The summed E-state index contributed by atoms with van der Waals surface area (Å²) in [6.45, 7) is 3.82. The number of aliphatic hydroxyl groups excluding tert-OH is 1. The summed E-state index contributed by atoms with van der Waals surface area (Å²) in [5, 5.41) is 15.1. The second-order valence-electron chi connectivity index (χ2n) is 5.50. The van der Waals surface area contributed by atoms with Crippen LogP contribution in [0, 0.1) is 13.8 Å². The molecule has 0 heterocycles. The molecule has 0 aliphatic carbocycles. The molecule has 120 valence electrons. The molecule has 0 radical (unpaired) electrons. The summed E-state index contributed by atoms with van der Waals surface area (Å²) < 4.78 is 0. The number of aliphatic hydroxyl groups is 1. The Balaban J connectivity index is 1.89. The van der Waals surface area contributed by atoms with Crippen LogP contribution in [0.3, 0.4) is 0 Å². The zero-order valence-corrected chi connectivity index (χ0v) is 13.2. The number of anilines is 2. The molecule has 2 rings (SSSR count). The van der Waals surface area contributed by atoms with Crippen molar-refractivity contribution in [1.29, 1.82) is 0 Å². The quantitative estimate of drug-likeness (QED) is 0.794. The van der Waals surface area contributed by atoms with Gasteiger partial charge in [0.05, 0.1) is 6.42 Å². The normalized spacial score (nSPS) is 11.6. The standard InChI is InChI=1S/C18H20N2O3/c1-12-5-3-7-14(9-12)19-17(22)11-16(21)18(23)20-15-8-4-6-13(2)10-15/h3-10,16,21H,11H2,1-2H3,(H,19,22)(H,20,23)/t16-/m0/s1. The average molecular weight is 312 g/mol. The first-order valence-electron chi connectivity index (χ1n) is 7.36. The van der Waals surface area contributed by atoms with E-state index >= 15 is 0 Å². The minimum absolute atomic E-state index is 0.300. The number of hydrogen-bond acceptors (Lipinski definition) is 3. The summed E-state index contributed by atoms with van der Waals surface area (Å²) in [7, 11) is 0. The summed E-state index contributed by atoms with van der Waals surface area (Å²) in [6.07, 6.45) is -1.70. The molecule has 0 fully saturated rings. The lowest BCUT2D eigenvalue weighted by Crippen LogP contribution is -2.31. The van der Waals surface area contributed by atoms with Crippen molar-refractivity contribution in [3.8, 4) is 0 Å². The van der Waals surface area contributed by atoms with Gasteiger partial charge in [0.2, 0.25) is 5.91 Å². The number of aryl methyl sites for hydroxylation is 2. The monoisotopic (exact) mass is 312 g/mol. The van der Waals surface area contributed by atoms with Crippen molar-refractivity contribution in [2.45, 2.75) is 26.4 Å². The van der Waals surface area contributed by atoms with E-state index < -0.39 is 17.9 Å². The zero-order valence-electron chi connectivity index (χ0n) is 13.2. The molecule has 0 unspecified atom stereocenters. The van der Waals surface area contributed by atoms with Crippen LogP contribution in [0.15, 0.2) is 48.5 Å². The molecular weight excluding hydrogens is 292 g/mol. The topological polar surface area (TPSA) is 78.4 Å². The molecule has 3 N–H and O–H groups in total. The molecule has 0 saturated carbocycles. The molecule has 2 aromatic carbocycles. The van der Waals surface area contributed by atoms with E-state index in [1.54, 1.807) is 18.2 Å². The predicted octanol–water partition coefficient (Wildman–Crippen LogP) is 2.63. The van der Waals surface area contributed by atoms with Crippen molar-refractivity contribution in [2.24, 2.45) is 0 Å². The van der Waals surface area contributed by atoms with E-state index in [1.165, 1.54) is 0 Å². The maximum atomic E-state index is 11.9. The number of nitrogens with one attached hydrogen (secondary N) is 2. The van der Waals surface area contributed by atoms with Gasteiger partial charge in [-0.15, -0.1) is 0 Å². The van der Waals surface area contributed by atoms with Gasteiger partial charge in [-0.1, -0.05) is 24.3 Å². The van der Waals surface area contributed by atoms with Gasteiger partial charge in [0.15, 0.2) is 0 Å². The number of carbonyl (C=O) groups is 2. The Morgan fingerprint density at radius 1 is 0.957 bits per heavy atom. The van der Waals surface area contributed by atoms with Gasteiger partial charge in [-0.05, 0) is 49.2 Å². The molecule has 0 bridgehead atoms. The van der Waals surface area contributed by atoms with E-state index in [9.17, 15) is 14.7 Å². The highest BCUT2D eigenvalue weighted by molar-refractivity contribution is 5.99. The van der Waals surface area contributed by atoms with Crippen LogP contribution in [0.2, 0.25) is 0 Å². The van der Waals surface area contributed by atoms with Gasteiger partial charge in [0.1, 0.15) is 6.10 Å². The van der Waals surface area contributed by atoms with E-state index in [0.717, 1.165) is 11.1 Å². The summed E-state index contributed by atoms with van der Waals surface area (Å²) in [5.41, 5.74) is 3.24. The fraction of sp³-hybridized carbons (Fsp3) is 0.222. The molecule has 2 amide bonds. The molecule has 23 heavy (non-hydrogen) atoms. The fourth-order valence-corrected chi connectivity index (χ4v) is 2.15. The zero-order chi connectivity index (χ0) is 16.8. The van der Waals surface area contributed by atoms with Crippen molar-refractivity contribution in [1.82, 2.24) is 0 Å². The average Bonchev–Trinajstić information content (AvgIpc) is 2.47. The first-order chi connectivity index (χ1) is 10.9. The van der Waals surface area contributed by atoms with Crippen molar-refractivity contribution in [2.75, 3.05) is 10.6 Å². The lowest BCUT2D eigenvalue weighted by Gasteiger charge is -2.12. The first kappa shape index (κ1) is 16.7. The van der Waals surface area contributed by atoms with Crippen LogP contribution in [-0.2, 0) is 9.59 Å². The Morgan fingerprint density at radius 3 is 2.00 bits per heavy atom. The van der Waals surface area contributed by atoms with E-state index in [-0.39, 0.29) is 6.42 Å². The highest BCUT2D eigenvalue weighted by atomic mass is 16.3. The molecule has 1 atom stereocenters. The van der Waals surface area contributed by atoms with E-state index in [0.29, 0.717) is 11.4 Å². The second-order valence-corrected chi connectivity index (χ2v) is 5.50. The van der Waals surface area contributed by atoms with Crippen molar-refractivity contribution < 1.29 is 14.7 Å². The predicted molar refractivity (Wildman–Crippen MR) is 90.2 cm³/mol. The van der Waals surface area contributed by atoms with Crippen molar-refractivity contribution >= 4 is 23.2 Å². The number of amides is 2. The molecule has 0 spiro atoms. The van der Waals surface area contributed by atoms with Gasteiger partial charge in [-0.25, -0.2) is 0 Å². The molecule has 0 aliphatic rings. The van der Waals surface area contributed by atoms with Gasteiger partial charge >= 0.3 is 0 Å². The van der Waals surface area contributed by atoms with Gasteiger partial charge in [0.25, 0.3) is 5.91 Å². The number of hydrogen-bond donors (Lipinski definition) is 3. The highest BCUT2D eigenvalue weighted by Gasteiger charge is 2.19. The van der Waals surface area contributed by atoms with Crippen LogP contribution in [0.1, 0.15) is 17.5 Å². The Labute approximate surface area is 135 Å². The third kappa shape index (κ3) is 5.23. The summed E-state index contributed by atoms with van der Waals surface area (Å²) in [6, 6.07) is 14.5. The first-order valence-corrected chi connectivity index (χ1v) is 7.36. The summed E-state index contributed by atoms with van der Waals surface area (Å²) >= 11 is 0. The molecule has 5 nitrogen and oxygen atoms in total. The van der Waals surface area contributed by atoms with Crippen LogP contribution >= 0.6 is 0 Å². The maximum absolute atomic E-state index is 11.9. The van der Waals surface area contributed by atoms with E-state index in [1.807, 2.05) is 44.2 Å². The molecule has 0 aliphatic heterocycles. The molecular formula is C18H20N2O3. The minimum Gasteiger partial charge on any atom is -0.383 e. The highest BCUT2D eigenvalue weighted by Crippen LogP contribution is 2.12. The van der Waals surface area contributed by atoms with Crippen LogP contribution in [-0.4, -0.2) is 23.0 Å². The smallest absolute Gasteiger partial charge is 0.253 e. The largest absolute Gasteiger partial charge is 0.383 e. The van der Waals surface area contributed by atoms with E-state index in [4.69, 9.17) is 0 Å². The molecule has 5 heteroatoms. The van der Waals surface area contributed by atoms with E-state index in [2.05, 4.69) is 10.6 Å². The second kappa shape index (κ2) is 7.56. The SMILES string of the molecule is Cc1cccc(NC(=O)C[C@H](O)C(=O)Nc2cccc(C)c2)c1. The maximum Gasteiger partial charge on any atom is 0.253 e. The Morgan fingerprint density at radius 2 is 1.48 bits per heavy atom. The van der Waals surface area contributed by atoms with Crippen LogP contribution < -0.4 is 10.6 Å². The summed E-state index contributed by atoms with van der Waals surface area (Å²) in [5.74, 6) is -1.02. The van der Waals surface area contributed by atoms with Crippen LogP contribution in [0.25, 0.3) is 0 Å². The number of benzene rings is 2. The molecule has 2 aromatic rings. The van der Waals surface area contributed by atoms with Gasteiger partial charge in [-0.3, -0.25) is 9.59 Å². The fourth-order valence-electron chi connectivity index (χ4n) is 2.15. The third-order valence-corrected chi connectivity index (χ3v) is 3.27.